The molecule has 0 saturated carbocycles. The largest absolute Gasteiger partial charge is 0.492 e. The van der Waals surface area contributed by atoms with Crippen LogP contribution in [0.3, 0.4) is 0 Å². The van der Waals surface area contributed by atoms with E-state index in [1.807, 2.05) is 24.3 Å². The van der Waals surface area contributed by atoms with Crippen molar-refractivity contribution in [1.29, 1.82) is 0 Å². The van der Waals surface area contributed by atoms with Gasteiger partial charge in [0.15, 0.2) is 0 Å². The number of hydrogen-bond donors (Lipinski definition) is 2. The van der Waals surface area contributed by atoms with Gasteiger partial charge in [-0.25, -0.2) is 0 Å². The van der Waals surface area contributed by atoms with Crippen molar-refractivity contribution in [2.24, 2.45) is 5.73 Å². The van der Waals surface area contributed by atoms with E-state index in [4.69, 9.17) is 15.6 Å². The van der Waals surface area contributed by atoms with Gasteiger partial charge in [-0.3, -0.25) is 4.79 Å². The van der Waals surface area contributed by atoms with E-state index in [0.717, 1.165) is 11.3 Å². The Balaban J connectivity index is 2.60. The number of para-hydroxylation sites is 1. The van der Waals surface area contributed by atoms with E-state index in [-0.39, 0.29) is 13.0 Å². The molecule has 4 heteroatoms. The summed E-state index contributed by atoms with van der Waals surface area (Å²) in [4.78, 5) is 10.5. The van der Waals surface area contributed by atoms with Crippen LogP contribution in [-0.2, 0) is 4.79 Å². The number of nitrogens with two attached hydrogens (primary N) is 1. The van der Waals surface area contributed by atoms with Gasteiger partial charge in [0.1, 0.15) is 12.4 Å². The van der Waals surface area contributed by atoms with Crippen molar-refractivity contribution in [2.45, 2.75) is 32.2 Å². The van der Waals surface area contributed by atoms with Gasteiger partial charge in [-0.15, -0.1) is 0 Å². The fourth-order valence-corrected chi connectivity index (χ4v) is 1.57. The Morgan fingerprint density at radius 1 is 1.41 bits per heavy atom. The quantitative estimate of drug-likeness (QED) is 0.793. The van der Waals surface area contributed by atoms with Crippen molar-refractivity contribution in [2.75, 3.05) is 6.61 Å². The van der Waals surface area contributed by atoms with Gasteiger partial charge >= 0.3 is 5.97 Å². The zero-order chi connectivity index (χ0) is 12.8. The molecule has 4 nitrogen and oxygen atoms in total. The Kier molecular flexibility index (Phi) is 4.97. The molecule has 0 spiro atoms. The second kappa shape index (κ2) is 6.25. The van der Waals surface area contributed by atoms with Gasteiger partial charge in [0.2, 0.25) is 0 Å². The Morgan fingerprint density at radius 2 is 2.06 bits per heavy atom. The van der Waals surface area contributed by atoms with E-state index >= 15 is 0 Å². The fraction of sp³-hybridized carbons (Fsp3) is 0.462. The molecule has 1 unspecified atom stereocenters. The molecule has 1 atom stereocenters. The summed E-state index contributed by atoms with van der Waals surface area (Å²) in [7, 11) is 0. The van der Waals surface area contributed by atoms with Crippen molar-refractivity contribution in [3.05, 3.63) is 29.8 Å². The first kappa shape index (κ1) is 13.5. The summed E-state index contributed by atoms with van der Waals surface area (Å²) in [6, 6.07) is 7.25. The highest BCUT2D eigenvalue weighted by atomic mass is 16.5. The summed E-state index contributed by atoms with van der Waals surface area (Å²) in [5.74, 6) is 0.239. The molecule has 0 amide bonds. The SMILES string of the molecule is CC(C)c1ccccc1OCC(N)CC(=O)O. The van der Waals surface area contributed by atoms with Gasteiger partial charge in [-0.2, -0.15) is 0 Å². The minimum atomic E-state index is -0.904. The molecule has 0 aliphatic heterocycles. The summed E-state index contributed by atoms with van der Waals surface area (Å²) in [6.45, 7) is 4.38. The van der Waals surface area contributed by atoms with Gasteiger partial charge in [-0.1, -0.05) is 32.0 Å². The standard InChI is InChI=1S/C13H19NO3/c1-9(2)11-5-3-4-6-12(11)17-8-10(14)7-13(15)16/h3-6,9-10H,7-8,14H2,1-2H3,(H,15,16). The maximum atomic E-state index is 10.5. The van der Waals surface area contributed by atoms with Gasteiger partial charge in [0.05, 0.1) is 6.42 Å². The lowest BCUT2D eigenvalue weighted by atomic mass is 10.0. The van der Waals surface area contributed by atoms with Crippen LogP contribution in [0.15, 0.2) is 24.3 Å². The van der Waals surface area contributed by atoms with Crippen LogP contribution < -0.4 is 10.5 Å². The van der Waals surface area contributed by atoms with E-state index in [1.165, 1.54) is 0 Å². The van der Waals surface area contributed by atoms with Crippen molar-refractivity contribution in [3.8, 4) is 5.75 Å². The van der Waals surface area contributed by atoms with Gasteiger partial charge in [-0.05, 0) is 17.5 Å². The molecule has 17 heavy (non-hydrogen) atoms. The van der Waals surface area contributed by atoms with Crippen LogP contribution in [0.4, 0.5) is 0 Å². The summed E-state index contributed by atoms with van der Waals surface area (Å²) < 4.78 is 5.57. The van der Waals surface area contributed by atoms with Crippen LogP contribution in [0.1, 0.15) is 31.7 Å². The normalized spacial score (nSPS) is 12.5. The molecule has 3 N–H and O–H groups in total. The molecule has 94 valence electrons. The average Bonchev–Trinajstić information content (AvgIpc) is 2.25. The predicted octanol–water partition coefficient (Wildman–Crippen LogP) is 1.99. The highest BCUT2D eigenvalue weighted by Gasteiger charge is 2.11. The number of carbonyl (C=O) groups is 1. The number of rotatable bonds is 6. The molecular weight excluding hydrogens is 218 g/mol. The summed E-state index contributed by atoms with van der Waals surface area (Å²) in [5, 5.41) is 8.59. The molecule has 0 fully saturated rings. The molecule has 1 rings (SSSR count). The summed E-state index contributed by atoms with van der Waals surface area (Å²) >= 11 is 0. The Morgan fingerprint density at radius 3 is 2.65 bits per heavy atom. The maximum absolute atomic E-state index is 10.5. The number of carboxylic acid groups (broad SMARTS) is 1. The first-order valence-corrected chi connectivity index (χ1v) is 5.69. The molecule has 0 radical (unpaired) electrons. The summed E-state index contributed by atoms with van der Waals surface area (Å²) in [6.07, 6.45) is -0.0795. The number of hydrogen-bond acceptors (Lipinski definition) is 3. The third-order valence-corrected chi connectivity index (χ3v) is 2.43. The van der Waals surface area contributed by atoms with Crippen LogP contribution in [0.25, 0.3) is 0 Å². The van der Waals surface area contributed by atoms with Crippen molar-refractivity contribution in [1.82, 2.24) is 0 Å². The highest BCUT2D eigenvalue weighted by Crippen LogP contribution is 2.25. The molecule has 0 aliphatic carbocycles. The van der Waals surface area contributed by atoms with Crippen LogP contribution in [0, 0.1) is 0 Å². The van der Waals surface area contributed by atoms with Gasteiger partial charge in [0, 0.05) is 6.04 Å². The number of benzene rings is 1. The van der Waals surface area contributed by atoms with Crippen LogP contribution in [0.2, 0.25) is 0 Å². The third-order valence-electron chi connectivity index (χ3n) is 2.43. The first-order valence-electron chi connectivity index (χ1n) is 5.69. The highest BCUT2D eigenvalue weighted by molar-refractivity contribution is 5.67. The average molecular weight is 237 g/mol. The molecule has 1 aromatic rings. The predicted molar refractivity (Wildman–Crippen MR) is 66.3 cm³/mol. The lowest BCUT2D eigenvalue weighted by Gasteiger charge is -2.16. The Labute approximate surface area is 101 Å². The number of carboxylic acids is 1. The van der Waals surface area contributed by atoms with E-state index < -0.39 is 12.0 Å². The smallest absolute Gasteiger partial charge is 0.305 e. The molecule has 1 aromatic carbocycles. The Hall–Kier alpha value is -1.55. The molecule has 0 saturated heterocycles. The topological polar surface area (TPSA) is 72.5 Å². The second-order valence-corrected chi connectivity index (χ2v) is 4.36. The van der Waals surface area contributed by atoms with Crippen LogP contribution >= 0.6 is 0 Å². The zero-order valence-electron chi connectivity index (χ0n) is 10.2. The fourth-order valence-electron chi connectivity index (χ4n) is 1.57. The van der Waals surface area contributed by atoms with Gasteiger partial charge < -0.3 is 15.6 Å². The van der Waals surface area contributed by atoms with E-state index in [1.54, 1.807) is 0 Å². The molecule has 0 aromatic heterocycles. The lowest BCUT2D eigenvalue weighted by molar-refractivity contribution is -0.137. The monoisotopic (exact) mass is 237 g/mol. The van der Waals surface area contributed by atoms with E-state index in [0.29, 0.717) is 5.92 Å². The molecule has 0 bridgehead atoms. The summed E-state index contributed by atoms with van der Waals surface area (Å²) in [5.41, 5.74) is 6.75. The maximum Gasteiger partial charge on any atom is 0.305 e. The third kappa shape index (κ3) is 4.44. The van der Waals surface area contributed by atoms with E-state index in [9.17, 15) is 4.79 Å². The number of ether oxygens (including phenoxy) is 1. The lowest BCUT2D eigenvalue weighted by Crippen LogP contribution is -2.30. The van der Waals surface area contributed by atoms with Crippen molar-refractivity contribution >= 4 is 5.97 Å². The zero-order valence-corrected chi connectivity index (χ0v) is 10.2. The molecular formula is C13H19NO3. The minimum Gasteiger partial charge on any atom is -0.492 e. The number of aliphatic carboxylic acids is 1. The van der Waals surface area contributed by atoms with Gasteiger partial charge in [0.25, 0.3) is 0 Å². The second-order valence-electron chi connectivity index (χ2n) is 4.36. The Bertz CT molecular complexity index is 377. The van der Waals surface area contributed by atoms with Crippen LogP contribution in [-0.4, -0.2) is 23.7 Å². The minimum absolute atomic E-state index is 0.0795. The van der Waals surface area contributed by atoms with Crippen molar-refractivity contribution in [3.63, 3.8) is 0 Å². The molecule has 0 heterocycles. The first-order chi connectivity index (χ1) is 8.00. The molecule has 0 aliphatic rings. The van der Waals surface area contributed by atoms with Crippen LogP contribution in [0.5, 0.6) is 5.75 Å². The van der Waals surface area contributed by atoms with E-state index in [2.05, 4.69) is 13.8 Å². The van der Waals surface area contributed by atoms with Crippen molar-refractivity contribution < 1.29 is 14.6 Å².